The minimum Gasteiger partial charge on any atom is -0.311 e. The van der Waals surface area contributed by atoms with Crippen LogP contribution in [0.3, 0.4) is 0 Å². The molecule has 1 aromatic heterocycles. The lowest BCUT2D eigenvalue weighted by Gasteiger charge is -2.44. The molecule has 0 amide bonds. The predicted molar refractivity (Wildman–Crippen MR) is 303 cm³/mol. The van der Waals surface area contributed by atoms with Crippen LogP contribution in [-0.4, -0.2) is 6.71 Å². The van der Waals surface area contributed by atoms with Gasteiger partial charge < -0.3 is 14.7 Å². The van der Waals surface area contributed by atoms with Gasteiger partial charge in [-0.05, 0) is 157 Å². The van der Waals surface area contributed by atoms with Gasteiger partial charge in [0.1, 0.15) is 0 Å². The van der Waals surface area contributed by atoms with Crippen molar-refractivity contribution in [1.29, 1.82) is 0 Å². The zero-order valence-corrected chi connectivity index (χ0v) is 42.0. The lowest BCUT2D eigenvalue weighted by atomic mass is 9.36. The first-order chi connectivity index (χ1) is 34.0. The van der Waals surface area contributed by atoms with Gasteiger partial charge in [0, 0.05) is 54.4 Å². The number of rotatable bonds is 16. The van der Waals surface area contributed by atoms with Crippen LogP contribution in [0.5, 0.6) is 0 Å². The van der Waals surface area contributed by atoms with E-state index in [4.69, 9.17) is 0 Å². The SMILES string of the molecule is CCCCCc1ccc2c(c1)B1c3sc4cc(C)ccc4c3N(c3ccc(CCCC)cc3)c3cc(N(c4ccccc4)c4cccc5ccccc45)cc(c31)N2c1ccc(C(CC)CCC)cc1. The van der Waals surface area contributed by atoms with Gasteiger partial charge in [0.25, 0.3) is 6.71 Å². The molecule has 0 saturated carbocycles. The second-order valence-corrected chi connectivity index (χ2v) is 20.7. The summed E-state index contributed by atoms with van der Waals surface area (Å²) >= 11 is 2.00. The quantitative estimate of drug-likeness (QED) is 0.0706. The fraction of sp³-hybridized carbons (Fsp3) is 0.250. The van der Waals surface area contributed by atoms with E-state index in [9.17, 15) is 0 Å². The zero-order valence-electron chi connectivity index (χ0n) is 41.1. The summed E-state index contributed by atoms with van der Waals surface area (Å²) in [6.45, 7) is 11.5. The van der Waals surface area contributed by atoms with Crippen molar-refractivity contribution in [2.45, 2.75) is 105 Å². The molecule has 0 bridgehead atoms. The number of nitrogens with zero attached hydrogens (tertiary/aromatic N) is 3. The van der Waals surface area contributed by atoms with Crippen molar-refractivity contribution in [3.05, 3.63) is 192 Å². The largest absolute Gasteiger partial charge is 0.311 e. The smallest absolute Gasteiger partial charge is 0.264 e. The number of fused-ring (bicyclic) bond motifs is 7. The van der Waals surface area contributed by atoms with Gasteiger partial charge in [-0.15, -0.1) is 11.3 Å². The van der Waals surface area contributed by atoms with Crippen LogP contribution in [-0.2, 0) is 12.8 Å². The summed E-state index contributed by atoms with van der Waals surface area (Å²) < 4.78 is 2.77. The summed E-state index contributed by atoms with van der Waals surface area (Å²) in [5.41, 5.74) is 19.2. The third kappa shape index (κ3) is 8.23. The van der Waals surface area contributed by atoms with Crippen LogP contribution in [0.2, 0.25) is 0 Å². The second-order valence-electron chi connectivity index (χ2n) is 19.6. The molecule has 3 heterocycles. The minimum absolute atomic E-state index is 0.0465. The van der Waals surface area contributed by atoms with Crippen molar-refractivity contribution < 1.29 is 0 Å². The highest BCUT2D eigenvalue weighted by molar-refractivity contribution is 7.33. The van der Waals surface area contributed by atoms with Gasteiger partial charge >= 0.3 is 0 Å². The first-order valence-corrected chi connectivity index (χ1v) is 26.7. The molecule has 0 N–H and O–H groups in total. The van der Waals surface area contributed by atoms with Crippen LogP contribution >= 0.6 is 11.3 Å². The van der Waals surface area contributed by atoms with Gasteiger partial charge in [-0.2, -0.15) is 0 Å². The van der Waals surface area contributed by atoms with Gasteiger partial charge in [-0.1, -0.05) is 157 Å². The third-order valence-electron chi connectivity index (χ3n) is 15.0. The van der Waals surface area contributed by atoms with Crippen molar-refractivity contribution in [2.24, 2.45) is 0 Å². The van der Waals surface area contributed by atoms with E-state index in [0.717, 1.165) is 36.3 Å². The number of aryl methyl sites for hydroxylation is 3. The Morgan fingerprint density at radius 3 is 2.01 bits per heavy atom. The molecular formula is C64H64BN3S. The van der Waals surface area contributed by atoms with E-state index in [1.54, 1.807) is 0 Å². The topological polar surface area (TPSA) is 9.72 Å². The summed E-state index contributed by atoms with van der Waals surface area (Å²) in [6, 6.07) is 65.5. The summed E-state index contributed by atoms with van der Waals surface area (Å²) in [6.07, 6.45) is 11.8. The Morgan fingerprint density at radius 1 is 0.551 bits per heavy atom. The Labute approximate surface area is 415 Å². The van der Waals surface area contributed by atoms with Crippen LogP contribution in [0.15, 0.2) is 170 Å². The molecule has 69 heavy (non-hydrogen) atoms. The predicted octanol–water partition coefficient (Wildman–Crippen LogP) is 17.3. The first kappa shape index (κ1) is 44.9. The highest BCUT2D eigenvalue weighted by Crippen LogP contribution is 2.51. The Hall–Kier alpha value is -6.56. The van der Waals surface area contributed by atoms with Crippen molar-refractivity contribution in [1.82, 2.24) is 0 Å². The zero-order chi connectivity index (χ0) is 47.0. The van der Waals surface area contributed by atoms with Crippen molar-refractivity contribution in [2.75, 3.05) is 14.7 Å². The fourth-order valence-corrected chi connectivity index (χ4v) is 12.9. The number of hydrogen-bond acceptors (Lipinski definition) is 4. The van der Waals surface area contributed by atoms with Crippen molar-refractivity contribution in [3.63, 3.8) is 0 Å². The molecule has 5 heteroatoms. The molecule has 1 unspecified atom stereocenters. The number of thiophene rings is 1. The molecule has 8 aromatic carbocycles. The monoisotopic (exact) mass is 917 g/mol. The summed E-state index contributed by atoms with van der Waals surface area (Å²) in [7, 11) is 0. The van der Waals surface area contributed by atoms with Crippen LogP contribution in [0.1, 0.15) is 107 Å². The molecular weight excluding hydrogens is 854 g/mol. The van der Waals surface area contributed by atoms with Crippen LogP contribution in [0, 0.1) is 6.92 Å². The molecule has 11 rings (SSSR count). The van der Waals surface area contributed by atoms with Gasteiger partial charge in [-0.3, -0.25) is 0 Å². The molecule has 0 fully saturated rings. The number of unbranched alkanes of at least 4 members (excludes halogenated alkanes) is 3. The fourth-order valence-electron chi connectivity index (χ4n) is 11.5. The van der Waals surface area contributed by atoms with Crippen LogP contribution in [0.4, 0.5) is 51.2 Å². The molecule has 0 aliphatic carbocycles. The highest BCUT2D eigenvalue weighted by atomic mass is 32.1. The molecule has 0 spiro atoms. The van der Waals surface area contributed by atoms with E-state index in [-0.39, 0.29) is 6.71 Å². The normalized spacial score (nSPS) is 13.1. The Kier molecular flexibility index (Phi) is 12.7. The molecule has 9 aromatic rings. The number of benzene rings is 8. The molecule has 344 valence electrons. The van der Waals surface area contributed by atoms with Gasteiger partial charge in [0.05, 0.1) is 17.1 Å². The summed E-state index contributed by atoms with van der Waals surface area (Å²) in [5.74, 6) is 0.556. The van der Waals surface area contributed by atoms with E-state index in [0.29, 0.717) is 5.92 Å². The molecule has 2 aliphatic rings. The molecule has 0 radical (unpaired) electrons. The van der Waals surface area contributed by atoms with E-state index >= 15 is 0 Å². The maximum Gasteiger partial charge on any atom is 0.264 e. The second kappa shape index (κ2) is 19.4. The molecule has 0 saturated heterocycles. The average Bonchev–Trinajstić information content (AvgIpc) is 3.76. The average molecular weight is 918 g/mol. The van der Waals surface area contributed by atoms with E-state index in [1.165, 1.54) is 138 Å². The standard InChI is InChI=1S/C64H64BN3S/c1-6-10-13-21-46-31-39-58-56(41-46)65-62-59(67(58)51-36-32-48(33-37-51)47(9-4)19-8-3)42-53(66(50-24-14-12-15-25-50)57-27-18-23-49-22-16-17-26-54(49)57)43-60(62)68(52-34-29-45(30-35-52)20-11-7-2)63-55-38-28-44(5)40-61(55)69-64(63)65/h12,14-18,22-43,47H,6-11,13,19-21H2,1-5H3. The highest BCUT2D eigenvalue weighted by Gasteiger charge is 2.46. The number of para-hydroxylation sites is 1. The van der Waals surface area contributed by atoms with Gasteiger partial charge in [-0.25, -0.2) is 0 Å². The van der Waals surface area contributed by atoms with E-state index < -0.39 is 0 Å². The Bertz CT molecular complexity index is 3260. The minimum atomic E-state index is 0.0465. The van der Waals surface area contributed by atoms with Crippen molar-refractivity contribution in [3.8, 4) is 0 Å². The number of hydrogen-bond donors (Lipinski definition) is 0. The lowest BCUT2D eigenvalue weighted by Crippen LogP contribution is -2.60. The van der Waals surface area contributed by atoms with Gasteiger partial charge in [0.15, 0.2) is 0 Å². The number of anilines is 9. The summed E-state index contributed by atoms with van der Waals surface area (Å²) in [4.78, 5) is 7.77. The molecule has 1 atom stereocenters. The van der Waals surface area contributed by atoms with Gasteiger partial charge in [0.2, 0.25) is 0 Å². The lowest BCUT2D eigenvalue weighted by molar-refractivity contribution is 0.596. The van der Waals surface area contributed by atoms with E-state index in [1.807, 2.05) is 11.3 Å². The Morgan fingerprint density at radius 2 is 1.25 bits per heavy atom. The molecule has 2 aliphatic heterocycles. The maximum absolute atomic E-state index is 2.65. The molecule has 3 nitrogen and oxygen atoms in total. The maximum atomic E-state index is 2.65. The third-order valence-corrected chi connectivity index (χ3v) is 16.2. The van der Waals surface area contributed by atoms with Crippen LogP contribution in [0.25, 0.3) is 20.9 Å². The first-order valence-electron chi connectivity index (χ1n) is 25.9. The van der Waals surface area contributed by atoms with Crippen molar-refractivity contribution >= 4 is 106 Å². The van der Waals surface area contributed by atoms with E-state index in [2.05, 4.69) is 219 Å². The summed E-state index contributed by atoms with van der Waals surface area (Å²) in [5, 5.41) is 3.77. The Balaban J connectivity index is 1.24. The van der Waals surface area contributed by atoms with Crippen LogP contribution < -0.4 is 30.4 Å².